The molecule has 0 spiro atoms. The van der Waals surface area contributed by atoms with Crippen molar-refractivity contribution in [2.24, 2.45) is 5.92 Å². The van der Waals surface area contributed by atoms with Gasteiger partial charge in [-0.05, 0) is 47.6 Å². The van der Waals surface area contributed by atoms with Gasteiger partial charge < -0.3 is 9.47 Å². The Morgan fingerprint density at radius 2 is 1.77 bits per heavy atom. The van der Waals surface area contributed by atoms with E-state index in [0.29, 0.717) is 11.8 Å². The molecule has 2 atom stereocenters. The Morgan fingerprint density at radius 1 is 1.00 bits per heavy atom. The van der Waals surface area contributed by atoms with E-state index in [9.17, 15) is 0 Å². The van der Waals surface area contributed by atoms with E-state index < -0.39 is 0 Å². The Bertz CT molecular complexity index is 648. The number of hydrogen-bond donors (Lipinski definition) is 0. The topological polar surface area (TPSA) is 18.5 Å². The van der Waals surface area contributed by atoms with Gasteiger partial charge in [0, 0.05) is 5.92 Å². The summed E-state index contributed by atoms with van der Waals surface area (Å²) in [6, 6.07) is 15.2. The molecule has 2 aromatic carbocycles. The lowest BCUT2D eigenvalue weighted by Crippen LogP contribution is -2.21. The van der Waals surface area contributed by atoms with Crippen molar-refractivity contribution in [2.45, 2.75) is 32.1 Å². The van der Waals surface area contributed by atoms with E-state index in [1.54, 1.807) is 14.2 Å². The van der Waals surface area contributed by atoms with Crippen LogP contribution in [0, 0.1) is 5.92 Å². The molecule has 2 nitrogen and oxygen atoms in total. The largest absolute Gasteiger partial charge is 0.493 e. The maximum atomic E-state index is 5.50. The molecule has 0 aromatic heterocycles. The van der Waals surface area contributed by atoms with Gasteiger partial charge in [-0.15, -0.1) is 0 Å². The van der Waals surface area contributed by atoms with Gasteiger partial charge in [-0.2, -0.15) is 0 Å². The summed E-state index contributed by atoms with van der Waals surface area (Å²) in [6.45, 7) is 2.30. The minimum Gasteiger partial charge on any atom is -0.493 e. The average Bonchev–Trinajstić information content (AvgIpc) is 2.60. The van der Waals surface area contributed by atoms with Crippen molar-refractivity contribution < 1.29 is 9.47 Å². The number of ether oxygens (including phenoxy) is 2. The normalized spacial score (nSPS) is 20.3. The van der Waals surface area contributed by atoms with Gasteiger partial charge >= 0.3 is 0 Å². The second-order valence-corrected chi connectivity index (χ2v) is 6.00. The summed E-state index contributed by atoms with van der Waals surface area (Å²) in [5.41, 5.74) is 4.30. The van der Waals surface area contributed by atoms with Crippen molar-refractivity contribution >= 4 is 0 Å². The standard InChI is InChI=1S/C20H24O2/c1-4-14-9-10-15-7-5-6-8-17(15)20(14)16-11-12-18(21-2)19(13-16)22-3/h5-8,11-14,20H,4,9-10H2,1-3H3/t14-,20-/m0/s1. The molecule has 0 heterocycles. The quantitative estimate of drug-likeness (QED) is 0.806. The van der Waals surface area contributed by atoms with Crippen LogP contribution in [0.2, 0.25) is 0 Å². The molecule has 2 heteroatoms. The van der Waals surface area contributed by atoms with E-state index in [4.69, 9.17) is 9.47 Å². The summed E-state index contributed by atoms with van der Waals surface area (Å²) in [5, 5.41) is 0. The van der Waals surface area contributed by atoms with Gasteiger partial charge in [0.05, 0.1) is 14.2 Å². The van der Waals surface area contributed by atoms with Crippen LogP contribution in [0.15, 0.2) is 42.5 Å². The third-order valence-corrected chi connectivity index (χ3v) is 4.94. The van der Waals surface area contributed by atoms with E-state index in [1.165, 1.54) is 36.0 Å². The minimum atomic E-state index is 0.453. The first-order valence-electron chi connectivity index (χ1n) is 8.08. The summed E-state index contributed by atoms with van der Waals surface area (Å²) in [4.78, 5) is 0. The van der Waals surface area contributed by atoms with Gasteiger partial charge in [0.15, 0.2) is 11.5 Å². The Morgan fingerprint density at radius 3 is 2.50 bits per heavy atom. The Hall–Kier alpha value is -1.96. The molecule has 1 aliphatic rings. The third-order valence-electron chi connectivity index (χ3n) is 4.94. The highest BCUT2D eigenvalue weighted by Gasteiger charge is 2.30. The summed E-state index contributed by atoms with van der Waals surface area (Å²) in [5.74, 6) is 2.75. The first-order chi connectivity index (χ1) is 10.8. The number of methoxy groups -OCH3 is 2. The van der Waals surface area contributed by atoms with Crippen LogP contribution >= 0.6 is 0 Å². The summed E-state index contributed by atoms with van der Waals surface area (Å²) < 4.78 is 10.9. The van der Waals surface area contributed by atoms with Crippen LogP contribution in [0.1, 0.15) is 42.4 Å². The predicted molar refractivity (Wildman–Crippen MR) is 89.9 cm³/mol. The SMILES string of the molecule is CC[C@H]1CCc2ccccc2[C@@H]1c1ccc(OC)c(OC)c1. The molecule has 0 amide bonds. The molecule has 22 heavy (non-hydrogen) atoms. The molecule has 0 N–H and O–H groups in total. The van der Waals surface area contributed by atoms with E-state index >= 15 is 0 Å². The molecule has 0 saturated heterocycles. The lowest BCUT2D eigenvalue weighted by atomic mass is 9.71. The van der Waals surface area contributed by atoms with Crippen molar-refractivity contribution in [3.8, 4) is 11.5 Å². The summed E-state index contributed by atoms with van der Waals surface area (Å²) in [6.07, 6.45) is 3.65. The third kappa shape index (κ3) is 2.58. The zero-order valence-electron chi connectivity index (χ0n) is 13.6. The number of aryl methyl sites for hydroxylation is 1. The summed E-state index contributed by atoms with van der Waals surface area (Å²) >= 11 is 0. The lowest BCUT2D eigenvalue weighted by Gasteiger charge is -2.34. The second kappa shape index (κ2) is 6.43. The number of fused-ring (bicyclic) bond motifs is 1. The Balaban J connectivity index is 2.08. The number of benzene rings is 2. The predicted octanol–water partition coefficient (Wildman–Crippen LogP) is 4.81. The lowest BCUT2D eigenvalue weighted by molar-refractivity contribution is 0.352. The molecule has 1 aliphatic carbocycles. The van der Waals surface area contributed by atoms with Crippen molar-refractivity contribution in [3.63, 3.8) is 0 Å². The van der Waals surface area contributed by atoms with Gasteiger partial charge in [0.1, 0.15) is 0 Å². The first-order valence-corrected chi connectivity index (χ1v) is 8.08. The molecule has 0 bridgehead atoms. The highest BCUT2D eigenvalue weighted by atomic mass is 16.5. The van der Waals surface area contributed by atoms with Crippen LogP contribution in [-0.4, -0.2) is 14.2 Å². The Labute approximate surface area is 133 Å². The maximum absolute atomic E-state index is 5.50. The van der Waals surface area contributed by atoms with Crippen LogP contribution in [0.3, 0.4) is 0 Å². The Kier molecular flexibility index (Phi) is 4.37. The van der Waals surface area contributed by atoms with E-state index in [1.807, 2.05) is 6.07 Å². The van der Waals surface area contributed by atoms with Crippen LogP contribution in [0.5, 0.6) is 11.5 Å². The van der Waals surface area contributed by atoms with E-state index in [-0.39, 0.29) is 0 Å². The molecular weight excluding hydrogens is 272 g/mol. The van der Waals surface area contributed by atoms with Crippen LogP contribution < -0.4 is 9.47 Å². The van der Waals surface area contributed by atoms with Gasteiger partial charge in [-0.3, -0.25) is 0 Å². The molecular formula is C20H24O2. The fraction of sp³-hybridized carbons (Fsp3) is 0.400. The highest BCUT2D eigenvalue weighted by Crippen LogP contribution is 2.44. The minimum absolute atomic E-state index is 0.453. The van der Waals surface area contributed by atoms with Crippen molar-refractivity contribution in [1.29, 1.82) is 0 Å². The van der Waals surface area contributed by atoms with Gasteiger partial charge in [-0.1, -0.05) is 43.7 Å². The van der Waals surface area contributed by atoms with Gasteiger partial charge in [0.25, 0.3) is 0 Å². The molecule has 0 aliphatic heterocycles. The highest BCUT2D eigenvalue weighted by molar-refractivity contribution is 5.48. The number of hydrogen-bond acceptors (Lipinski definition) is 2. The zero-order valence-corrected chi connectivity index (χ0v) is 13.6. The molecule has 116 valence electrons. The van der Waals surface area contributed by atoms with E-state index in [2.05, 4.69) is 43.3 Å². The molecule has 0 saturated carbocycles. The summed E-state index contributed by atoms with van der Waals surface area (Å²) in [7, 11) is 3.38. The molecule has 3 rings (SSSR count). The monoisotopic (exact) mass is 296 g/mol. The van der Waals surface area contributed by atoms with Crippen molar-refractivity contribution in [3.05, 3.63) is 59.2 Å². The van der Waals surface area contributed by atoms with Crippen molar-refractivity contribution in [2.75, 3.05) is 14.2 Å². The smallest absolute Gasteiger partial charge is 0.161 e. The maximum Gasteiger partial charge on any atom is 0.161 e. The first kappa shape index (κ1) is 15.0. The number of rotatable bonds is 4. The van der Waals surface area contributed by atoms with Crippen molar-refractivity contribution in [1.82, 2.24) is 0 Å². The fourth-order valence-electron chi connectivity index (χ4n) is 3.76. The molecule has 0 unspecified atom stereocenters. The zero-order chi connectivity index (χ0) is 15.5. The molecule has 0 radical (unpaired) electrons. The van der Waals surface area contributed by atoms with Crippen LogP contribution in [-0.2, 0) is 6.42 Å². The average molecular weight is 296 g/mol. The van der Waals surface area contributed by atoms with Crippen LogP contribution in [0.25, 0.3) is 0 Å². The second-order valence-electron chi connectivity index (χ2n) is 6.00. The van der Waals surface area contributed by atoms with Crippen LogP contribution in [0.4, 0.5) is 0 Å². The fourth-order valence-corrected chi connectivity index (χ4v) is 3.76. The molecule has 0 fully saturated rings. The molecule has 2 aromatic rings. The van der Waals surface area contributed by atoms with Gasteiger partial charge in [0.2, 0.25) is 0 Å². The van der Waals surface area contributed by atoms with E-state index in [0.717, 1.165) is 11.5 Å². The van der Waals surface area contributed by atoms with Gasteiger partial charge in [-0.25, -0.2) is 0 Å².